The quantitative estimate of drug-likeness (QED) is 0.716. The Kier molecular flexibility index (Phi) is 3.05. The van der Waals surface area contributed by atoms with Crippen LogP contribution in [0.4, 0.5) is 6.01 Å². The number of hydrogen-bond acceptors (Lipinski definition) is 3. The highest BCUT2D eigenvalue weighted by atomic mass is 16.4. The molecular weight excluding hydrogens is 200 g/mol. The Balaban J connectivity index is 2.36. The van der Waals surface area contributed by atoms with Gasteiger partial charge in [-0.3, -0.25) is 0 Å². The number of hydrogen-bond donors (Lipinski definition) is 0. The highest BCUT2D eigenvalue weighted by molar-refractivity contribution is 5.74. The van der Waals surface area contributed by atoms with Gasteiger partial charge in [0.1, 0.15) is 5.52 Å². The largest absolute Gasteiger partial charge is 0.423 e. The van der Waals surface area contributed by atoms with E-state index in [-0.39, 0.29) is 0 Å². The molecule has 0 aliphatic heterocycles. The number of aromatic nitrogens is 1. The number of benzene rings is 1. The summed E-state index contributed by atoms with van der Waals surface area (Å²) >= 11 is 0. The van der Waals surface area contributed by atoms with Gasteiger partial charge in [0.05, 0.1) is 0 Å². The van der Waals surface area contributed by atoms with Crippen molar-refractivity contribution in [2.75, 3.05) is 18.0 Å². The van der Waals surface area contributed by atoms with Crippen LogP contribution in [-0.2, 0) is 0 Å². The topological polar surface area (TPSA) is 29.3 Å². The lowest BCUT2D eigenvalue weighted by Crippen LogP contribution is -2.23. The van der Waals surface area contributed by atoms with Crippen LogP contribution in [0.5, 0.6) is 0 Å². The molecule has 0 aliphatic rings. The van der Waals surface area contributed by atoms with Crippen molar-refractivity contribution in [3.63, 3.8) is 0 Å². The molecule has 0 atom stereocenters. The van der Waals surface area contributed by atoms with E-state index in [1.165, 1.54) is 0 Å². The first-order valence-electron chi connectivity index (χ1n) is 5.17. The standard InChI is InChI=1S/C13H14N2O/c1-3-9-15(10-4-2)13-14-11-7-5-6-8-12(11)16-13/h3-8H,1-2,9-10H2. The number of rotatable bonds is 5. The van der Waals surface area contributed by atoms with Crippen molar-refractivity contribution >= 4 is 17.1 Å². The van der Waals surface area contributed by atoms with Gasteiger partial charge in [-0.25, -0.2) is 0 Å². The van der Waals surface area contributed by atoms with E-state index in [9.17, 15) is 0 Å². The van der Waals surface area contributed by atoms with Crippen molar-refractivity contribution in [1.82, 2.24) is 4.98 Å². The van der Waals surface area contributed by atoms with Crippen molar-refractivity contribution in [3.05, 3.63) is 49.6 Å². The fourth-order valence-corrected chi connectivity index (χ4v) is 1.54. The minimum atomic E-state index is 0.612. The second-order valence-corrected chi connectivity index (χ2v) is 3.45. The van der Waals surface area contributed by atoms with Gasteiger partial charge in [0, 0.05) is 13.1 Å². The minimum absolute atomic E-state index is 0.612. The Morgan fingerprint density at radius 3 is 2.50 bits per heavy atom. The maximum absolute atomic E-state index is 5.65. The molecule has 3 heteroatoms. The van der Waals surface area contributed by atoms with Crippen LogP contribution in [0.2, 0.25) is 0 Å². The van der Waals surface area contributed by atoms with Crippen LogP contribution in [-0.4, -0.2) is 18.1 Å². The van der Waals surface area contributed by atoms with E-state index < -0.39 is 0 Å². The van der Waals surface area contributed by atoms with Crippen molar-refractivity contribution in [3.8, 4) is 0 Å². The Hall–Kier alpha value is -2.03. The van der Waals surface area contributed by atoms with Gasteiger partial charge in [-0.2, -0.15) is 4.98 Å². The normalized spacial score (nSPS) is 10.2. The van der Waals surface area contributed by atoms with Crippen molar-refractivity contribution in [1.29, 1.82) is 0 Å². The smallest absolute Gasteiger partial charge is 0.298 e. The summed E-state index contributed by atoms with van der Waals surface area (Å²) < 4.78 is 5.65. The summed E-state index contributed by atoms with van der Waals surface area (Å²) in [5.41, 5.74) is 1.67. The van der Waals surface area contributed by atoms with Crippen molar-refractivity contribution in [2.24, 2.45) is 0 Å². The lowest BCUT2D eigenvalue weighted by atomic mass is 10.3. The van der Waals surface area contributed by atoms with Gasteiger partial charge in [0.2, 0.25) is 0 Å². The summed E-state index contributed by atoms with van der Waals surface area (Å²) in [7, 11) is 0. The van der Waals surface area contributed by atoms with Gasteiger partial charge >= 0.3 is 0 Å². The molecule has 0 spiro atoms. The van der Waals surface area contributed by atoms with E-state index in [1.807, 2.05) is 41.3 Å². The minimum Gasteiger partial charge on any atom is -0.423 e. The molecule has 0 amide bonds. The van der Waals surface area contributed by atoms with Gasteiger partial charge in [0.25, 0.3) is 6.01 Å². The first kappa shape index (κ1) is 10.5. The summed E-state index contributed by atoms with van der Waals surface area (Å²) in [6.07, 6.45) is 3.64. The van der Waals surface area contributed by atoms with Crippen LogP contribution in [0.15, 0.2) is 54.0 Å². The number of para-hydroxylation sites is 2. The van der Waals surface area contributed by atoms with E-state index >= 15 is 0 Å². The maximum Gasteiger partial charge on any atom is 0.298 e. The molecule has 82 valence electrons. The van der Waals surface area contributed by atoms with Gasteiger partial charge in [-0.05, 0) is 12.1 Å². The van der Waals surface area contributed by atoms with Gasteiger partial charge in [0.15, 0.2) is 5.58 Å². The number of anilines is 1. The first-order valence-corrected chi connectivity index (χ1v) is 5.17. The molecular formula is C13H14N2O. The molecule has 0 unspecified atom stereocenters. The Morgan fingerprint density at radius 1 is 1.19 bits per heavy atom. The Labute approximate surface area is 94.7 Å². The van der Waals surface area contributed by atoms with Crippen molar-refractivity contribution < 1.29 is 4.42 Å². The van der Waals surface area contributed by atoms with E-state index in [1.54, 1.807) is 0 Å². The fraction of sp³-hybridized carbons (Fsp3) is 0.154. The SMILES string of the molecule is C=CCN(CC=C)c1nc2ccccc2o1. The molecule has 16 heavy (non-hydrogen) atoms. The van der Waals surface area contributed by atoms with Crippen LogP contribution < -0.4 is 4.90 Å². The molecule has 3 nitrogen and oxygen atoms in total. The zero-order chi connectivity index (χ0) is 11.4. The summed E-state index contributed by atoms with van der Waals surface area (Å²) in [4.78, 5) is 6.39. The van der Waals surface area contributed by atoms with E-state index in [4.69, 9.17) is 4.42 Å². The third-order valence-corrected chi connectivity index (χ3v) is 2.25. The van der Waals surface area contributed by atoms with Crippen molar-refractivity contribution in [2.45, 2.75) is 0 Å². The van der Waals surface area contributed by atoms with Crippen LogP contribution in [0.25, 0.3) is 11.1 Å². The molecule has 0 bridgehead atoms. The monoisotopic (exact) mass is 214 g/mol. The van der Waals surface area contributed by atoms with Crippen LogP contribution in [0.3, 0.4) is 0 Å². The molecule has 1 aromatic heterocycles. The van der Waals surface area contributed by atoms with E-state index in [0.717, 1.165) is 11.1 Å². The van der Waals surface area contributed by atoms with E-state index in [2.05, 4.69) is 18.1 Å². The molecule has 1 aromatic carbocycles. The third kappa shape index (κ3) is 1.98. The summed E-state index contributed by atoms with van der Waals surface area (Å²) in [5.74, 6) is 0. The lowest BCUT2D eigenvalue weighted by molar-refractivity contribution is 0.584. The van der Waals surface area contributed by atoms with Crippen LogP contribution >= 0.6 is 0 Å². The summed E-state index contributed by atoms with van der Waals surface area (Å²) in [6, 6.07) is 8.33. The second kappa shape index (κ2) is 4.66. The zero-order valence-electron chi connectivity index (χ0n) is 9.10. The van der Waals surface area contributed by atoms with Crippen LogP contribution in [0.1, 0.15) is 0 Å². The van der Waals surface area contributed by atoms with Gasteiger partial charge in [-0.15, -0.1) is 13.2 Å². The molecule has 0 aliphatic carbocycles. The van der Waals surface area contributed by atoms with Gasteiger partial charge in [-0.1, -0.05) is 24.3 Å². The first-order chi connectivity index (χ1) is 7.85. The molecule has 0 saturated carbocycles. The molecule has 0 radical (unpaired) electrons. The summed E-state index contributed by atoms with van der Waals surface area (Å²) in [5, 5.41) is 0. The number of fused-ring (bicyclic) bond motifs is 1. The van der Waals surface area contributed by atoms with Gasteiger partial charge < -0.3 is 9.32 Å². The number of nitrogens with zero attached hydrogens (tertiary/aromatic N) is 2. The maximum atomic E-state index is 5.65. The molecule has 2 rings (SSSR count). The van der Waals surface area contributed by atoms with E-state index in [0.29, 0.717) is 19.1 Å². The average Bonchev–Trinajstić information content (AvgIpc) is 2.72. The highest BCUT2D eigenvalue weighted by Crippen LogP contribution is 2.21. The predicted molar refractivity (Wildman–Crippen MR) is 66.6 cm³/mol. The molecule has 0 saturated heterocycles. The van der Waals surface area contributed by atoms with Crippen LogP contribution in [0, 0.1) is 0 Å². The second-order valence-electron chi connectivity index (χ2n) is 3.45. The highest BCUT2D eigenvalue weighted by Gasteiger charge is 2.10. The number of oxazole rings is 1. The Morgan fingerprint density at radius 2 is 1.88 bits per heavy atom. The zero-order valence-corrected chi connectivity index (χ0v) is 9.10. The lowest BCUT2D eigenvalue weighted by Gasteiger charge is -2.15. The average molecular weight is 214 g/mol. The third-order valence-electron chi connectivity index (χ3n) is 2.25. The predicted octanol–water partition coefficient (Wildman–Crippen LogP) is 3.01. The summed E-state index contributed by atoms with van der Waals surface area (Å²) in [6.45, 7) is 8.82. The Bertz CT molecular complexity index is 458. The molecule has 0 N–H and O–H groups in total. The molecule has 2 aromatic rings. The fourth-order valence-electron chi connectivity index (χ4n) is 1.54. The molecule has 0 fully saturated rings. The molecule has 1 heterocycles.